The quantitative estimate of drug-likeness (QED) is 0.527. The van der Waals surface area contributed by atoms with Crippen molar-refractivity contribution in [1.29, 1.82) is 0 Å². The molecule has 0 saturated carbocycles. The lowest BCUT2D eigenvalue weighted by atomic mass is 9.73. The first-order valence-corrected chi connectivity index (χ1v) is 11.1. The maximum absolute atomic E-state index is 6.44. The highest BCUT2D eigenvalue weighted by Crippen LogP contribution is 2.43. The Kier molecular flexibility index (Phi) is 6.60. The molecule has 3 rings (SSSR count). The molecule has 1 spiro atoms. The van der Waals surface area contributed by atoms with Crippen molar-refractivity contribution in [2.24, 2.45) is 5.41 Å². The molecule has 3 unspecified atom stereocenters. The van der Waals surface area contributed by atoms with E-state index >= 15 is 0 Å². The van der Waals surface area contributed by atoms with Gasteiger partial charge in [0.1, 0.15) is 0 Å². The molecule has 1 N–H and O–H groups in total. The van der Waals surface area contributed by atoms with Gasteiger partial charge in [-0.2, -0.15) is 0 Å². The molecule has 3 heterocycles. The second-order valence-electron chi connectivity index (χ2n) is 9.38. The molecule has 0 aromatic heterocycles. The molecule has 3 fully saturated rings. The number of piperidine rings is 1. The van der Waals surface area contributed by atoms with Crippen LogP contribution < -0.4 is 5.32 Å². The third-order valence-electron chi connectivity index (χ3n) is 7.79. The molecule has 4 nitrogen and oxygen atoms in total. The molecule has 0 aromatic rings. The molecule has 5 heteroatoms. The molecule has 0 bridgehead atoms. The first kappa shape index (κ1) is 21.8. The van der Waals surface area contributed by atoms with Crippen LogP contribution in [-0.4, -0.2) is 55.4 Å². The Morgan fingerprint density at radius 1 is 1.14 bits per heavy atom. The number of hydrogen-bond donors (Lipinski definition) is 1. The van der Waals surface area contributed by atoms with Crippen molar-refractivity contribution in [3.63, 3.8) is 0 Å². The Bertz CT molecular complexity index is 602. The number of nitrogens with one attached hydrogen (secondary N) is 1. The van der Waals surface area contributed by atoms with E-state index in [2.05, 4.69) is 63.6 Å². The van der Waals surface area contributed by atoms with Gasteiger partial charge >= 0.3 is 7.12 Å². The van der Waals surface area contributed by atoms with Crippen LogP contribution in [-0.2, 0) is 9.31 Å². The maximum Gasteiger partial charge on any atom is 0.494 e. The lowest BCUT2D eigenvalue weighted by Crippen LogP contribution is -2.58. The molecular formula is C23H39BN2O2. The van der Waals surface area contributed by atoms with Gasteiger partial charge in [-0.05, 0) is 70.4 Å². The minimum atomic E-state index is -0.331. The minimum absolute atomic E-state index is 0.274. The van der Waals surface area contributed by atoms with Crippen LogP contribution >= 0.6 is 0 Å². The highest BCUT2D eigenvalue weighted by atomic mass is 16.7. The summed E-state index contributed by atoms with van der Waals surface area (Å²) in [5, 5.41) is 3.45. The van der Waals surface area contributed by atoms with Gasteiger partial charge in [-0.15, -0.1) is 0 Å². The fourth-order valence-electron chi connectivity index (χ4n) is 4.76. The van der Waals surface area contributed by atoms with Gasteiger partial charge in [0, 0.05) is 19.1 Å². The lowest BCUT2D eigenvalue weighted by molar-refractivity contribution is -0.0281. The number of hydrogen-bond acceptors (Lipinski definition) is 4. The Balaban J connectivity index is 1.65. The number of nitrogens with zero attached hydrogens (tertiary/aromatic N) is 1. The topological polar surface area (TPSA) is 33.7 Å². The van der Waals surface area contributed by atoms with Crippen molar-refractivity contribution in [2.45, 2.75) is 77.5 Å². The summed E-state index contributed by atoms with van der Waals surface area (Å²) >= 11 is 0. The molecule has 0 radical (unpaired) electrons. The minimum Gasteiger partial charge on any atom is -0.399 e. The van der Waals surface area contributed by atoms with Gasteiger partial charge in [0.25, 0.3) is 0 Å². The Morgan fingerprint density at radius 2 is 1.71 bits per heavy atom. The van der Waals surface area contributed by atoms with Crippen LogP contribution in [0.15, 0.2) is 36.4 Å². The van der Waals surface area contributed by atoms with Gasteiger partial charge in [-0.3, -0.25) is 4.90 Å². The predicted molar refractivity (Wildman–Crippen MR) is 118 cm³/mol. The molecule has 3 atom stereocenters. The van der Waals surface area contributed by atoms with Crippen LogP contribution in [0.3, 0.4) is 0 Å². The third kappa shape index (κ3) is 4.05. The van der Waals surface area contributed by atoms with Gasteiger partial charge in [0.15, 0.2) is 0 Å². The van der Waals surface area contributed by atoms with Gasteiger partial charge in [-0.1, -0.05) is 44.7 Å². The largest absolute Gasteiger partial charge is 0.494 e. The highest BCUT2D eigenvalue weighted by molar-refractivity contribution is 6.55. The van der Waals surface area contributed by atoms with Crippen LogP contribution in [0.2, 0.25) is 0 Å². The fraction of sp³-hybridized carbons (Fsp3) is 0.739. The summed E-state index contributed by atoms with van der Waals surface area (Å²) in [4.78, 5) is 2.59. The Morgan fingerprint density at radius 3 is 2.14 bits per heavy atom. The molecule has 0 aromatic carbocycles. The molecule has 156 valence electrons. The van der Waals surface area contributed by atoms with E-state index in [1.165, 1.54) is 39.0 Å². The van der Waals surface area contributed by atoms with E-state index in [1.807, 2.05) is 12.2 Å². The second-order valence-corrected chi connectivity index (χ2v) is 9.38. The number of rotatable bonds is 7. The smallest absolute Gasteiger partial charge is 0.399 e. The first-order valence-electron chi connectivity index (χ1n) is 11.1. The van der Waals surface area contributed by atoms with Crippen molar-refractivity contribution in [3.05, 3.63) is 36.4 Å². The van der Waals surface area contributed by atoms with Gasteiger partial charge in [0.05, 0.1) is 11.2 Å². The molecule has 3 aliphatic heterocycles. The molecule has 28 heavy (non-hydrogen) atoms. The van der Waals surface area contributed by atoms with E-state index < -0.39 is 0 Å². The first-order chi connectivity index (χ1) is 13.3. The van der Waals surface area contributed by atoms with Crippen LogP contribution in [0.1, 0.15) is 60.3 Å². The number of likely N-dealkylation sites (tertiary alicyclic amines) is 1. The lowest BCUT2D eigenvalue weighted by Gasteiger charge is -2.49. The number of allylic oxidation sites excluding steroid dienone is 4. The summed E-state index contributed by atoms with van der Waals surface area (Å²) < 4.78 is 12.9. The maximum atomic E-state index is 6.44. The standard InChI is InChI=1S/C23H39BN2O2/c1-7-10-20(24-27-21(5,8-2)22(6,9-3)28-24)12-11-19(4)26-15-13-23(14-16-26)17-25-18-23/h7,10-12,19,25H,1,8-9,13-18H2,2-6H3/b12-11-,20-10+. The molecule has 0 aliphatic carbocycles. The van der Waals surface area contributed by atoms with Crippen molar-refractivity contribution < 1.29 is 9.31 Å². The van der Waals surface area contributed by atoms with Gasteiger partial charge in [-0.25, -0.2) is 0 Å². The average molecular weight is 386 g/mol. The second kappa shape index (κ2) is 8.47. The van der Waals surface area contributed by atoms with Crippen molar-refractivity contribution in [1.82, 2.24) is 10.2 Å². The SMILES string of the molecule is C=C/C=C(\C=C/C(C)N1CCC2(CC1)CNC2)B1OC(C)(CC)C(C)(CC)O1. The Hall–Kier alpha value is -0.875. The summed E-state index contributed by atoms with van der Waals surface area (Å²) in [5.74, 6) is 0. The van der Waals surface area contributed by atoms with Crippen LogP contribution in [0, 0.1) is 5.41 Å². The van der Waals surface area contributed by atoms with E-state index in [-0.39, 0.29) is 18.3 Å². The fourth-order valence-corrected chi connectivity index (χ4v) is 4.76. The average Bonchev–Trinajstić information content (AvgIpc) is 2.95. The van der Waals surface area contributed by atoms with E-state index in [0.29, 0.717) is 11.5 Å². The summed E-state index contributed by atoms with van der Waals surface area (Å²) in [5.41, 5.74) is 1.10. The summed E-state index contributed by atoms with van der Waals surface area (Å²) in [7, 11) is -0.331. The monoisotopic (exact) mass is 386 g/mol. The van der Waals surface area contributed by atoms with Crippen molar-refractivity contribution in [3.8, 4) is 0 Å². The molecule has 0 amide bonds. The Labute approximate surface area is 172 Å². The molecule has 3 saturated heterocycles. The normalized spacial score (nSPS) is 34.8. The van der Waals surface area contributed by atoms with E-state index in [4.69, 9.17) is 9.31 Å². The van der Waals surface area contributed by atoms with E-state index in [0.717, 1.165) is 18.3 Å². The summed E-state index contributed by atoms with van der Waals surface area (Å²) in [6.07, 6.45) is 12.8. The summed E-state index contributed by atoms with van der Waals surface area (Å²) in [6, 6.07) is 0.412. The van der Waals surface area contributed by atoms with Crippen LogP contribution in [0.4, 0.5) is 0 Å². The zero-order chi connectivity index (χ0) is 20.4. The van der Waals surface area contributed by atoms with Gasteiger partial charge < -0.3 is 14.6 Å². The van der Waals surface area contributed by atoms with Gasteiger partial charge in [0.2, 0.25) is 0 Å². The van der Waals surface area contributed by atoms with E-state index in [1.54, 1.807) is 0 Å². The van der Waals surface area contributed by atoms with E-state index in [9.17, 15) is 0 Å². The molecular weight excluding hydrogens is 347 g/mol. The molecule has 3 aliphatic rings. The van der Waals surface area contributed by atoms with Crippen LogP contribution in [0.5, 0.6) is 0 Å². The van der Waals surface area contributed by atoms with Crippen molar-refractivity contribution in [2.75, 3.05) is 26.2 Å². The zero-order valence-electron chi connectivity index (χ0n) is 18.6. The third-order valence-corrected chi connectivity index (χ3v) is 7.79. The zero-order valence-corrected chi connectivity index (χ0v) is 18.6. The van der Waals surface area contributed by atoms with Crippen molar-refractivity contribution >= 4 is 7.12 Å². The predicted octanol–water partition coefficient (Wildman–Crippen LogP) is 4.14. The highest BCUT2D eigenvalue weighted by Gasteiger charge is 2.55. The summed E-state index contributed by atoms with van der Waals surface area (Å²) in [6.45, 7) is 19.7. The van der Waals surface area contributed by atoms with Crippen LogP contribution in [0.25, 0.3) is 0 Å².